The number of carbonyl (C=O) groups excluding carboxylic acids is 2. The second kappa shape index (κ2) is 6.82. The van der Waals surface area contributed by atoms with Crippen LogP contribution in [0.4, 0.5) is 10.6 Å². The second-order valence-corrected chi connectivity index (χ2v) is 7.96. The number of carbonyl (C=O) groups is 2. The lowest BCUT2D eigenvalue weighted by Gasteiger charge is -2.37. The van der Waals surface area contributed by atoms with E-state index in [2.05, 4.69) is 17.2 Å². The predicted molar refractivity (Wildman–Crippen MR) is 104 cm³/mol. The smallest absolute Gasteiger partial charge is 0.411 e. The molecule has 2 aromatic rings. The molecule has 2 atom stereocenters. The molecule has 10 nitrogen and oxygen atoms in total. The Hall–Kier alpha value is -3.43. The lowest BCUT2D eigenvalue weighted by Crippen LogP contribution is -2.47. The van der Waals surface area contributed by atoms with Crippen molar-refractivity contribution in [2.45, 2.75) is 37.5 Å². The molecule has 1 aromatic carbocycles. The van der Waals surface area contributed by atoms with Gasteiger partial charge in [0.25, 0.3) is 5.91 Å². The van der Waals surface area contributed by atoms with Crippen LogP contribution in [0.1, 0.15) is 40.4 Å². The third-order valence-electron chi connectivity index (χ3n) is 6.37. The van der Waals surface area contributed by atoms with Crippen molar-refractivity contribution in [1.29, 1.82) is 0 Å². The van der Waals surface area contributed by atoms with Gasteiger partial charge in [-0.05, 0) is 28.9 Å². The van der Waals surface area contributed by atoms with E-state index in [0.29, 0.717) is 25.9 Å². The monoisotopic (exact) mass is 411 g/mol. The molecule has 1 aliphatic carbocycles. The van der Waals surface area contributed by atoms with Crippen LogP contribution in [0.3, 0.4) is 0 Å². The van der Waals surface area contributed by atoms with Crippen LogP contribution in [0.5, 0.6) is 0 Å². The first kappa shape index (κ1) is 18.6. The SMILES string of the molecule is Cn1ncc(C(=O)N2CCC(N3C(=O)OC4Cc5ccccc5C43)CC2)c1[N+](=O)[O-]. The van der Waals surface area contributed by atoms with Gasteiger partial charge >= 0.3 is 11.9 Å². The highest BCUT2D eigenvalue weighted by Crippen LogP contribution is 2.44. The maximum absolute atomic E-state index is 12.8. The van der Waals surface area contributed by atoms with Gasteiger partial charge in [0.2, 0.25) is 0 Å². The summed E-state index contributed by atoms with van der Waals surface area (Å²) in [6, 6.07) is 7.97. The summed E-state index contributed by atoms with van der Waals surface area (Å²) < 4.78 is 6.74. The molecule has 0 N–H and O–H groups in total. The highest BCUT2D eigenvalue weighted by molar-refractivity contribution is 5.97. The third-order valence-corrected chi connectivity index (χ3v) is 6.37. The van der Waals surface area contributed by atoms with Crippen molar-refractivity contribution < 1.29 is 19.2 Å². The Morgan fingerprint density at radius 2 is 2.00 bits per heavy atom. The lowest BCUT2D eigenvalue weighted by atomic mass is 9.99. The van der Waals surface area contributed by atoms with Crippen LogP contribution < -0.4 is 0 Å². The van der Waals surface area contributed by atoms with Gasteiger partial charge < -0.3 is 19.8 Å². The van der Waals surface area contributed by atoms with Gasteiger partial charge in [0, 0.05) is 25.6 Å². The van der Waals surface area contributed by atoms with E-state index >= 15 is 0 Å². The highest BCUT2D eigenvalue weighted by atomic mass is 16.6. The lowest BCUT2D eigenvalue weighted by molar-refractivity contribution is -0.392. The fourth-order valence-electron chi connectivity index (χ4n) is 4.97. The van der Waals surface area contributed by atoms with Crippen LogP contribution in [-0.4, -0.2) is 61.7 Å². The van der Waals surface area contributed by atoms with Gasteiger partial charge in [0.05, 0.1) is 12.2 Å². The fraction of sp³-hybridized carbons (Fsp3) is 0.450. The number of nitrogens with zero attached hydrogens (tertiary/aromatic N) is 5. The second-order valence-electron chi connectivity index (χ2n) is 7.96. The molecule has 2 amide bonds. The van der Waals surface area contributed by atoms with Gasteiger partial charge in [-0.25, -0.2) is 4.79 Å². The first-order valence-electron chi connectivity index (χ1n) is 9.98. The maximum Gasteiger partial charge on any atom is 0.411 e. The van der Waals surface area contributed by atoms with Gasteiger partial charge in [-0.2, -0.15) is 0 Å². The number of hydrogen-bond donors (Lipinski definition) is 0. The minimum absolute atomic E-state index is 0.00804. The standard InChI is InChI=1S/C20H21N5O5/c1-22-18(25(28)29)15(11-21-22)19(26)23-8-6-13(7-9-23)24-17-14-5-3-2-4-12(14)10-16(17)30-20(24)27/h2-5,11,13,16-17H,6-10H2,1H3. The van der Waals surface area contributed by atoms with E-state index in [9.17, 15) is 19.7 Å². The van der Waals surface area contributed by atoms with E-state index in [0.717, 1.165) is 16.7 Å². The molecule has 10 heteroatoms. The number of piperidine rings is 1. The van der Waals surface area contributed by atoms with Gasteiger partial charge in [-0.15, -0.1) is 4.68 Å². The van der Waals surface area contributed by atoms with Gasteiger partial charge in [0.1, 0.15) is 13.2 Å². The number of amides is 2. The Morgan fingerprint density at radius 3 is 2.73 bits per heavy atom. The Bertz CT molecular complexity index is 1040. The van der Waals surface area contributed by atoms with Crippen molar-refractivity contribution in [3.05, 3.63) is 57.3 Å². The summed E-state index contributed by atoms with van der Waals surface area (Å²) in [7, 11) is 1.44. The van der Waals surface area contributed by atoms with E-state index in [1.54, 1.807) is 4.90 Å². The molecule has 2 saturated heterocycles. The van der Waals surface area contributed by atoms with Crippen LogP contribution in [-0.2, 0) is 18.2 Å². The Morgan fingerprint density at radius 1 is 1.27 bits per heavy atom. The molecule has 0 saturated carbocycles. The summed E-state index contributed by atoms with van der Waals surface area (Å²) in [6.07, 6.45) is 2.70. The number of ether oxygens (including phenoxy) is 1. The molecule has 3 heterocycles. The molecule has 30 heavy (non-hydrogen) atoms. The normalized spacial score (nSPS) is 23.3. The van der Waals surface area contributed by atoms with Crippen molar-refractivity contribution in [3.8, 4) is 0 Å². The number of aryl methyl sites for hydroxylation is 1. The van der Waals surface area contributed by atoms with Crippen molar-refractivity contribution in [2.75, 3.05) is 13.1 Å². The van der Waals surface area contributed by atoms with Crippen molar-refractivity contribution in [1.82, 2.24) is 19.6 Å². The molecular weight excluding hydrogens is 390 g/mol. The zero-order valence-electron chi connectivity index (χ0n) is 16.4. The number of aromatic nitrogens is 2. The first-order chi connectivity index (χ1) is 14.5. The zero-order valence-corrected chi connectivity index (χ0v) is 16.4. The fourth-order valence-corrected chi connectivity index (χ4v) is 4.97. The first-order valence-corrected chi connectivity index (χ1v) is 9.98. The minimum atomic E-state index is -0.592. The number of likely N-dealkylation sites (tertiary alicyclic amines) is 1. The predicted octanol–water partition coefficient (Wildman–Crippen LogP) is 2.05. The van der Waals surface area contributed by atoms with Crippen LogP contribution in [0.25, 0.3) is 0 Å². The molecule has 156 valence electrons. The quantitative estimate of drug-likeness (QED) is 0.565. The molecule has 0 bridgehead atoms. The Labute approximate surface area is 172 Å². The van der Waals surface area contributed by atoms with Crippen molar-refractivity contribution >= 4 is 17.8 Å². The average Bonchev–Trinajstić information content (AvgIpc) is 3.38. The van der Waals surface area contributed by atoms with E-state index in [4.69, 9.17) is 4.74 Å². The zero-order chi connectivity index (χ0) is 21.0. The summed E-state index contributed by atoms with van der Waals surface area (Å²) in [6.45, 7) is 0.830. The molecule has 0 spiro atoms. The summed E-state index contributed by atoms with van der Waals surface area (Å²) in [4.78, 5) is 39.6. The molecular formula is C20H21N5O5. The summed E-state index contributed by atoms with van der Waals surface area (Å²) in [5.41, 5.74) is 2.34. The summed E-state index contributed by atoms with van der Waals surface area (Å²) in [5.74, 6) is -0.711. The summed E-state index contributed by atoms with van der Waals surface area (Å²) in [5, 5.41) is 15.1. The maximum atomic E-state index is 12.8. The Balaban J connectivity index is 1.31. The Kier molecular flexibility index (Phi) is 4.23. The van der Waals surface area contributed by atoms with Crippen LogP contribution in [0.2, 0.25) is 0 Å². The molecule has 2 fully saturated rings. The molecule has 1 aromatic heterocycles. The number of hydrogen-bond acceptors (Lipinski definition) is 6. The van der Waals surface area contributed by atoms with Crippen LogP contribution in [0, 0.1) is 10.1 Å². The van der Waals surface area contributed by atoms with Gasteiger partial charge in [-0.1, -0.05) is 29.4 Å². The van der Waals surface area contributed by atoms with Gasteiger partial charge in [0.15, 0.2) is 5.56 Å². The number of benzene rings is 1. The van der Waals surface area contributed by atoms with Crippen molar-refractivity contribution in [2.24, 2.45) is 7.05 Å². The topological polar surface area (TPSA) is 111 Å². The molecule has 2 unspecified atom stereocenters. The number of rotatable bonds is 3. The average molecular weight is 411 g/mol. The van der Waals surface area contributed by atoms with Gasteiger partial charge in [-0.3, -0.25) is 9.69 Å². The number of fused-ring (bicyclic) bond motifs is 3. The molecule has 3 aliphatic rings. The summed E-state index contributed by atoms with van der Waals surface area (Å²) >= 11 is 0. The molecule has 5 rings (SSSR count). The largest absolute Gasteiger partial charge is 0.443 e. The van der Waals surface area contributed by atoms with E-state index < -0.39 is 10.8 Å². The highest BCUT2D eigenvalue weighted by Gasteiger charge is 2.50. The van der Waals surface area contributed by atoms with E-state index in [1.165, 1.54) is 18.8 Å². The minimum Gasteiger partial charge on any atom is -0.443 e. The van der Waals surface area contributed by atoms with E-state index in [1.807, 2.05) is 17.0 Å². The third kappa shape index (κ3) is 2.74. The number of nitro groups is 1. The van der Waals surface area contributed by atoms with E-state index in [-0.39, 0.29) is 35.7 Å². The molecule has 2 aliphatic heterocycles. The van der Waals surface area contributed by atoms with Crippen LogP contribution in [0.15, 0.2) is 30.5 Å². The molecule has 0 radical (unpaired) electrons. The van der Waals surface area contributed by atoms with Crippen LogP contribution >= 0.6 is 0 Å². The van der Waals surface area contributed by atoms with Crippen molar-refractivity contribution in [3.63, 3.8) is 0 Å².